The minimum absolute atomic E-state index is 0.849. The van der Waals surface area contributed by atoms with Crippen molar-refractivity contribution in [2.24, 2.45) is 0 Å². The van der Waals surface area contributed by atoms with Gasteiger partial charge in [-0.1, -0.05) is 0 Å². The summed E-state index contributed by atoms with van der Waals surface area (Å²) in [6, 6.07) is 7.85. The Bertz CT molecular complexity index is 474. The minimum Gasteiger partial charge on any atom is -0.497 e. The number of nitrogens with one attached hydrogen (secondary N) is 2. The number of hydrogen-bond acceptors (Lipinski definition) is 3. The van der Waals surface area contributed by atoms with E-state index in [-0.39, 0.29) is 0 Å². The molecule has 0 saturated carbocycles. The number of aryl methyl sites for hydroxylation is 1. The number of benzene rings is 1. The predicted octanol–water partition coefficient (Wildman–Crippen LogP) is 2.44. The first-order valence-corrected chi connectivity index (χ1v) is 5.13. The monoisotopic (exact) mass is 217 g/mol. The highest BCUT2D eigenvalue weighted by Crippen LogP contribution is 2.28. The average Bonchev–Trinajstić information content (AvgIpc) is 2.70. The van der Waals surface area contributed by atoms with Gasteiger partial charge in [0.15, 0.2) is 0 Å². The van der Waals surface area contributed by atoms with E-state index in [0.717, 1.165) is 28.4 Å². The molecule has 1 heterocycles. The van der Waals surface area contributed by atoms with Crippen LogP contribution in [-0.4, -0.2) is 24.4 Å². The summed E-state index contributed by atoms with van der Waals surface area (Å²) in [6.45, 7) is 1.99. The molecule has 0 aliphatic carbocycles. The van der Waals surface area contributed by atoms with Gasteiger partial charge in [-0.2, -0.15) is 5.10 Å². The van der Waals surface area contributed by atoms with Crippen LogP contribution in [0, 0.1) is 6.92 Å². The van der Waals surface area contributed by atoms with Gasteiger partial charge < -0.3 is 10.1 Å². The summed E-state index contributed by atoms with van der Waals surface area (Å²) in [5.41, 5.74) is 4.07. The first kappa shape index (κ1) is 10.5. The quantitative estimate of drug-likeness (QED) is 0.830. The van der Waals surface area contributed by atoms with Gasteiger partial charge >= 0.3 is 0 Å². The van der Waals surface area contributed by atoms with Crippen LogP contribution in [0.5, 0.6) is 5.75 Å². The predicted molar refractivity (Wildman–Crippen MR) is 64.9 cm³/mol. The second-order valence-corrected chi connectivity index (χ2v) is 3.55. The molecular weight excluding hydrogens is 202 g/mol. The van der Waals surface area contributed by atoms with Crippen LogP contribution in [0.4, 0.5) is 5.69 Å². The smallest absolute Gasteiger partial charge is 0.118 e. The first-order chi connectivity index (χ1) is 7.76. The molecule has 1 aromatic heterocycles. The van der Waals surface area contributed by atoms with Crippen LogP contribution < -0.4 is 10.1 Å². The molecule has 1 aromatic carbocycles. The summed E-state index contributed by atoms with van der Waals surface area (Å²) in [5.74, 6) is 0.849. The molecule has 0 radical (unpaired) electrons. The standard InChI is InChI=1S/C12H15N3O/c1-8-11(13-2)12(15-14-8)9-4-6-10(16-3)7-5-9/h4-7,13H,1-3H3,(H,14,15). The third-order valence-corrected chi connectivity index (χ3v) is 2.56. The number of nitrogens with zero attached hydrogens (tertiary/aromatic N) is 1. The van der Waals surface area contributed by atoms with Gasteiger partial charge in [0, 0.05) is 12.6 Å². The van der Waals surface area contributed by atoms with Gasteiger partial charge in [-0.25, -0.2) is 0 Å². The zero-order chi connectivity index (χ0) is 11.5. The largest absolute Gasteiger partial charge is 0.497 e. The number of H-pyrrole nitrogens is 1. The molecule has 0 unspecified atom stereocenters. The molecule has 2 N–H and O–H groups in total. The molecule has 0 aliphatic rings. The van der Waals surface area contributed by atoms with E-state index in [0.29, 0.717) is 0 Å². The van der Waals surface area contributed by atoms with Crippen LogP contribution in [0.25, 0.3) is 11.3 Å². The second kappa shape index (κ2) is 4.26. The van der Waals surface area contributed by atoms with Gasteiger partial charge in [0.05, 0.1) is 18.5 Å². The zero-order valence-corrected chi connectivity index (χ0v) is 9.66. The van der Waals surface area contributed by atoms with Crippen molar-refractivity contribution in [1.29, 1.82) is 0 Å². The SMILES string of the molecule is CNc1c(-c2ccc(OC)cc2)n[nH]c1C. The zero-order valence-electron chi connectivity index (χ0n) is 9.66. The molecule has 0 spiro atoms. The third kappa shape index (κ3) is 1.74. The molecule has 0 amide bonds. The lowest BCUT2D eigenvalue weighted by molar-refractivity contribution is 0.415. The van der Waals surface area contributed by atoms with E-state index in [1.54, 1.807) is 7.11 Å². The number of rotatable bonds is 3. The fourth-order valence-corrected chi connectivity index (χ4v) is 1.69. The average molecular weight is 217 g/mol. The number of hydrogen-bond donors (Lipinski definition) is 2. The highest BCUT2D eigenvalue weighted by molar-refractivity contribution is 5.76. The van der Waals surface area contributed by atoms with E-state index in [9.17, 15) is 0 Å². The van der Waals surface area contributed by atoms with Gasteiger partial charge in [0.2, 0.25) is 0 Å². The molecule has 0 saturated heterocycles. The van der Waals surface area contributed by atoms with Crippen molar-refractivity contribution in [2.45, 2.75) is 6.92 Å². The van der Waals surface area contributed by atoms with Gasteiger partial charge in [0.25, 0.3) is 0 Å². The highest BCUT2D eigenvalue weighted by Gasteiger charge is 2.10. The van der Waals surface area contributed by atoms with Crippen LogP contribution in [0.15, 0.2) is 24.3 Å². The summed E-state index contributed by atoms with van der Waals surface area (Å²) in [5, 5.41) is 10.4. The molecule has 4 heteroatoms. The Balaban J connectivity index is 2.42. The molecule has 0 atom stereocenters. The maximum absolute atomic E-state index is 5.12. The van der Waals surface area contributed by atoms with Crippen molar-refractivity contribution >= 4 is 5.69 Å². The lowest BCUT2D eigenvalue weighted by Gasteiger charge is -2.04. The maximum atomic E-state index is 5.12. The second-order valence-electron chi connectivity index (χ2n) is 3.55. The molecule has 4 nitrogen and oxygen atoms in total. The minimum atomic E-state index is 0.849. The lowest BCUT2D eigenvalue weighted by Crippen LogP contribution is -1.91. The van der Waals surface area contributed by atoms with Crippen molar-refractivity contribution in [3.63, 3.8) is 0 Å². The number of methoxy groups -OCH3 is 1. The van der Waals surface area contributed by atoms with Gasteiger partial charge in [-0.3, -0.25) is 5.10 Å². The molecule has 0 aliphatic heterocycles. The Morgan fingerprint density at radius 2 is 1.94 bits per heavy atom. The molecule has 2 rings (SSSR count). The Morgan fingerprint density at radius 1 is 1.25 bits per heavy atom. The molecule has 0 bridgehead atoms. The lowest BCUT2D eigenvalue weighted by atomic mass is 10.1. The fourth-order valence-electron chi connectivity index (χ4n) is 1.69. The number of ether oxygens (including phenoxy) is 1. The summed E-state index contributed by atoms with van der Waals surface area (Å²) in [4.78, 5) is 0. The van der Waals surface area contributed by atoms with Gasteiger partial charge in [-0.15, -0.1) is 0 Å². The van der Waals surface area contributed by atoms with E-state index in [1.807, 2.05) is 38.2 Å². The highest BCUT2D eigenvalue weighted by atomic mass is 16.5. The van der Waals surface area contributed by atoms with Crippen molar-refractivity contribution < 1.29 is 4.74 Å². The summed E-state index contributed by atoms with van der Waals surface area (Å²) in [6.07, 6.45) is 0. The van der Waals surface area contributed by atoms with Gasteiger partial charge in [-0.05, 0) is 31.2 Å². The summed E-state index contributed by atoms with van der Waals surface area (Å²) >= 11 is 0. The Morgan fingerprint density at radius 3 is 2.50 bits per heavy atom. The summed E-state index contributed by atoms with van der Waals surface area (Å²) in [7, 11) is 3.55. The maximum Gasteiger partial charge on any atom is 0.118 e. The molecule has 84 valence electrons. The summed E-state index contributed by atoms with van der Waals surface area (Å²) < 4.78 is 5.12. The molecular formula is C12H15N3O. The van der Waals surface area contributed by atoms with E-state index in [4.69, 9.17) is 4.74 Å². The van der Waals surface area contributed by atoms with Crippen molar-refractivity contribution in [3.05, 3.63) is 30.0 Å². The fraction of sp³-hybridized carbons (Fsp3) is 0.250. The Kier molecular flexibility index (Phi) is 2.81. The topological polar surface area (TPSA) is 49.9 Å². The van der Waals surface area contributed by atoms with E-state index >= 15 is 0 Å². The van der Waals surface area contributed by atoms with Crippen molar-refractivity contribution in [3.8, 4) is 17.0 Å². The Hall–Kier alpha value is -1.97. The van der Waals surface area contributed by atoms with Crippen LogP contribution in [0.1, 0.15) is 5.69 Å². The number of anilines is 1. The van der Waals surface area contributed by atoms with Crippen LogP contribution in [-0.2, 0) is 0 Å². The Labute approximate surface area is 94.6 Å². The third-order valence-electron chi connectivity index (χ3n) is 2.56. The van der Waals surface area contributed by atoms with Crippen LogP contribution >= 0.6 is 0 Å². The van der Waals surface area contributed by atoms with E-state index in [1.165, 1.54) is 0 Å². The van der Waals surface area contributed by atoms with Crippen molar-refractivity contribution in [1.82, 2.24) is 10.2 Å². The van der Waals surface area contributed by atoms with Crippen molar-refractivity contribution in [2.75, 3.05) is 19.5 Å². The number of aromatic amines is 1. The number of aromatic nitrogens is 2. The normalized spacial score (nSPS) is 10.2. The molecule has 16 heavy (non-hydrogen) atoms. The van der Waals surface area contributed by atoms with E-state index in [2.05, 4.69) is 15.5 Å². The first-order valence-electron chi connectivity index (χ1n) is 5.13. The van der Waals surface area contributed by atoms with Crippen LogP contribution in [0.3, 0.4) is 0 Å². The molecule has 0 fully saturated rings. The molecule has 2 aromatic rings. The van der Waals surface area contributed by atoms with Crippen LogP contribution in [0.2, 0.25) is 0 Å². The van der Waals surface area contributed by atoms with Gasteiger partial charge in [0.1, 0.15) is 11.4 Å². The van der Waals surface area contributed by atoms with E-state index < -0.39 is 0 Å².